The number of nitrogen functional groups attached to an aromatic ring is 1. The van der Waals surface area contributed by atoms with Gasteiger partial charge >= 0.3 is 0 Å². The normalized spacial score (nSPS) is 10.1. The molecule has 0 unspecified atom stereocenters. The number of benzene rings is 1. The largest absolute Gasteiger partial charge is 0.384 e. The van der Waals surface area contributed by atoms with Crippen molar-refractivity contribution in [3.8, 4) is 0 Å². The fraction of sp³-hybridized carbons (Fsp3) is 0. The third kappa shape index (κ3) is 2.76. The Kier molecular flexibility index (Phi) is 3.50. The number of rotatable bonds is 2. The summed E-state index contributed by atoms with van der Waals surface area (Å²) in [5.41, 5.74) is 7.22. The molecule has 0 aliphatic heterocycles. The van der Waals surface area contributed by atoms with Crippen molar-refractivity contribution in [3.63, 3.8) is 0 Å². The number of nitrogens with one attached hydrogen (secondary N) is 1. The van der Waals surface area contributed by atoms with E-state index in [4.69, 9.17) is 17.3 Å². The maximum atomic E-state index is 6.10. The number of nitrogens with zero attached hydrogens (tertiary/aromatic N) is 1. The van der Waals surface area contributed by atoms with Gasteiger partial charge in [-0.3, -0.25) is 0 Å². The van der Waals surface area contributed by atoms with Crippen molar-refractivity contribution in [2.45, 2.75) is 0 Å². The topological polar surface area (TPSA) is 50.9 Å². The van der Waals surface area contributed by atoms with Gasteiger partial charge in [-0.1, -0.05) is 11.6 Å². The molecule has 0 amide bonds. The predicted molar refractivity (Wildman–Crippen MR) is 76.1 cm³/mol. The van der Waals surface area contributed by atoms with Crippen LogP contribution >= 0.6 is 34.2 Å². The molecule has 0 spiro atoms. The lowest BCUT2D eigenvalue weighted by Crippen LogP contribution is -1.94. The molecule has 3 nitrogen and oxygen atoms in total. The molecule has 0 atom stereocenters. The van der Waals surface area contributed by atoms with Crippen LogP contribution < -0.4 is 11.1 Å². The molecule has 1 aromatic carbocycles. The van der Waals surface area contributed by atoms with Crippen LogP contribution in [0.3, 0.4) is 0 Å². The van der Waals surface area contributed by atoms with Crippen molar-refractivity contribution in [2.24, 2.45) is 0 Å². The first kappa shape index (κ1) is 11.5. The van der Waals surface area contributed by atoms with E-state index in [0.717, 1.165) is 14.9 Å². The molecule has 0 bridgehead atoms. The van der Waals surface area contributed by atoms with E-state index in [9.17, 15) is 0 Å². The molecule has 0 radical (unpaired) electrons. The first-order valence-corrected chi connectivity index (χ1v) is 6.04. The Balaban J connectivity index is 2.23. The number of aromatic nitrogens is 1. The minimum atomic E-state index is 0.499. The third-order valence-corrected chi connectivity index (χ3v) is 2.98. The Morgan fingerprint density at radius 3 is 2.69 bits per heavy atom. The summed E-state index contributed by atoms with van der Waals surface area (Å²) in [4.78, 5) is 3.99. The van der Waals surface area contributed by atoms with Crippen LogP contribution in [0.5, 0.6) is 0 Å². The van der Waals surface area contributed by atoms with Crippen LogP contribution in [-0.4, -0.2) is 4.98 Å². The van der Waals surface area contributed by atoms with Crippen molar-refractivity contribution in [2.75, 3.05) is 11.1 Å². The molecule has 82 valence electrons. The summed E-state index contributed by atoms with van der Waals surface area (Å²) in [5, 5.41) is 3.86. The molecule has 0 saturated carbocycles. The zero-order valence-corrected chi connectivity index (χ0v) is 11.2. The number of halogens is 2. The minimum absolute atomic E-state index is 0.499. The maximum Gasteiger partial charge on any atom is 0.123 e. The van der Waals surface area contributed by atoms with E-state index in [1.807, 2.05) is 24.3 Å². The zero-order valence-electron chi connectivity index (χ0n) is 8.24. The summed E-state index contributed by atoms with van der Waals surface area (Å²) < 4.78 is 1.10. The van der Waals surface area contributed by atoms with Gasteiger partial charge in [0.25, 0.3) is 0 Å². The van der Waals surface area contributed by atoms with Gasteiger partial charge in [0.1, 0.15) is 5.82 Å². The summed E-state index contributed by atoms with van der Waals surface area (Å²) in [7, 11) is 0. The monoisotopic (exact) mass is 345 g/mol. The molecular formula is C11H9ClIN3. The molecular weight excluding hydrogens is 336 g/mol. The highest BCUT2D eigenvalue weighted by molar-refractivity contribution is 14.1. The van der Waals surface area contributed by atoms with E-state index in [2.05, 4.69) is 32.9 Å². The average Bonchev–Trinajstić information content (AvgIpc) is 2.25. The first-order valence-electron chi connectivity index (χ1n) is 4.59. The van der Waals surface area contributed by atoms with Crippen LogP contribution in [0.4, 0.5) is 17.2 Å². The van der Waals surface area contributed by atoms with Gasteiger partial charge in [0.05, 0.1) is 22.6 Å². The van der Waals surface area contributed by atoms with Crippen molar-refractivity contribution >= 4 is 51.4 Å². The molecule has 2 aromatic rings. The molecule has 0 aliphatic carbocycles. The molecule has 5 heteroatoms. The molecule has 16 heavy (non-hydrogen) atoms. The molecule has 2 rings (SSSR count). The Labute approximate surface area is 112 Å². The van der Waals surface area contributed by atoms with Gasteiger partial charge in [-0.2, -0.15) is 0 Å². The number of pyridine rings is 1. The summed E-state index contributed by atoms with van der Waals surface area (Å²) in [6, 6.07) is 9.41. The van der Waals surface area contributed by atoms with E-state index >= 15 is 0 Å². The lowest BCUT2D eigenvalue weighted by molar-refractivity contribution is 1.33. The highest BCUT2D eigenvalue weighted by Gasteiger charge is 2.01. The van der Waals surface area contributed by atoms with Crippen LogP contribution in [0.15, 0.2) is 36.5 Å². The van der Waals surface area contributed by atoms with E-state index in [1.165, 1.54) is 0 Å². The standard InChI is InChI=1S/C11H9ClIN3/c12-9-5-7(13)1-3-10(9)16-8-2-4-11(14)15-6-8/h1-6,16H,(H2,14,15). The fourth-order valence-electron chi connectivity index (χ4n) is 1.23. The zero-order chi connectivity index (χ0) is 11.5. The Morgan fingerprint density at radius 2 is 2.06 bits per heavy atom. The van der Waals surface area contributed by atoms with Crippen LogP contribution in [0.1, 0.15) is 0 Å². The third-order valence-electron chi connectivity index (χ3n) is 2.00. The summed E-state index contributed by atoms with van der Waals surface area (Å²) in [6.07, 6.45) is 1.67. The second-order valence-corrected chi connectivity index (χ2v) is 4.87. The van der Waals surface area contributed by atoms with Gasteiger partial charge in [0.15, 0.2) is 0 Å². The number of nitrogens with two attached hydrogens (primary N) is 1. The number of hydrogen-bond donors (Lipinski definition) is 2. The summed E-state index contributed by atoms with van der Waals surface area (Å²) >= 11 is 8.31. The molecule has 1 heterocycles. The van der Waals surface area contributed by atoms with E-state index in [-0.39, 0.29) is 0 Å². The number of anilines is 3. The van der Waals surface area contributed by atoms with Crippen LogP contribution in [0.2, 0.25) is 5.02 Å². The van der Waals surface area contributed by atoms with Crippen LogP contribution in [0.25, 0.3) is 0 Å². The van der Waals surface area contributed by atoms with E-state index in [0.29, 0.717) is 10.8 Å². The second-order valence-electron chi connectivity index (χ2n) is 3.22. The van der Waals surface area contributed by atoms with Gasteiger partial charge in [0, 0.05) is 3.57 Å². The van der Waals surface area contributed by atoms with Crippen molar-refractivity contribution in [1.82, 2.24) is 4.98 Å². The smallest absolute Gasteiger partial charge is 0.123 e. The lowest BCUT2D eigenvalue weighted by atomic mass is 10.3. The summed E-state index contributed by atoms with van der Waals surface area (Å²) in [6.45, 7) is 0. The lowest BCUT2D eigenvalue weighted by Gasteiger charge is -2.08. The van der Waals surface area contributed by atoms with Crippen molar-refractivity contribution in [3.05, 3.63) is 45.1 Å². The van der Waals surface area contributed by atoms with Crippen LogP contribution in [0, 0.1) is 3.57 Å². The first-order chi connectivity index (χ1) is 7.65. The number of hydrogen-bond acceptors (Lipinski definition) is 3. The Hall–Kier alpha value is -1.01. The van der Waals surface area contributed by atoms with Gasteiger partial charge in [0.2, 0.25) is 0 Å². The van der Waals surface area contributed by atoms with Crippen LogP contribution in [-0.2, 0) is 0 Å². The molecule has 0 fully saturated rings. The Morgan fingerprint density at radius 1 is 1.25 bits per heavy atom. The Bertz CT molecular complexity index is 499. The quantitative estimate of drug-likeness (QED) is 0.817. The predicted octanol–water partition coefficient (Wildman–Crippen LogP) is 3.67. The SMILES string of the molecule is Nc1ccc(Nc2ccc(I)cc2Cl)cn1. The summed E-state index contributed by atoms with van der Waals surface area (Å²) in [5.74, 6) is 0.499. The second kappa shape index (κ2) is 4.88. The molecule has 0 saturated heterocycles. The van der Waals surface area contributed by atoms with Crippen molar-refractivity contribution < 1.29 is 0 Å². The van der Waals surface area contributed by atoms with E-state index < -0.39 is 0 Å². The highest BCUT2D eigenvalue weighted by atomic mass is 127. The van der Waals surface area contributed by atoms with Gasteiger partial charge < -0.3 is 11.1 Å². The highest BCUT2D eigenvalue weighted by Crippen LogP contribution is 2.26. The van der Waals surface area contributed by atoms with E-state index in [1.54, 1.807) is 12.3 Å². The maximum absolute atomic E-state index is 6.10. The fourth-order valence-corrected chi connectivity index (χ4v) is 2.13. The molecule has 1 aromatic heterocycles. The van der Waals surface area contributed by atoms with Crippen molar-refractivity contribution in [1.29, 1.82) is 0 Å². The molecule has 0 aliphatic rings. The minimum Gasteiger partial charge on any atom is -0.384 e. The average molecular weight is 346 g/mol. The molecule has 3 N–H and O–H groups in total. The van der Waals surface area contributed by atoms with Gasteiger partial charge in [-0.25, -0.2) is 4.98 Å². The van der Waals surface area contributed by atoms with Gasteiger partial charge in [-0.05, 0) is 52.9 Å². The van der Waals surface area contributed by atoms with Gasteiger partial charge in [-0.15, -0.1) is 0 Å².